The lowest BCUT2D eigenvalue weighted by Gasteiger charge is -2.24. The molecule has 1 atom stereocenters. The summed E-state index contributed by atoms with van der Waals surface area (Å²) in [4.78, 5) is 16.1. The van der Waals surface area contributed by atoms with E-state index in [4.69, 9.17) is 23.2 Å². The molecule has 0 amide bonds. The van der Waals surface area contributed by atoms with Gasteiger partial charge < -0.3 is 10.2 Å². The Labute approximate surface area is 257 Å². The zero-order chi connectivity index (χ0) is 28.5. The first kappa shape index (κ1) is 29.6. The lowest BCUT2D eigenvalue weighted by atomic mass is 9.90. The Morgan fingerprint density at radius 3 is 2.62 bits per heavy atom. The van der Waals surface area contributed by atoms with Crippen LogP contribution in [0.1, 0.15) is 72.0 Å². The molecule has 0 spiro atoms. The van der Waals surface area contributed by atoms with Gasteiger partial charge in [-0.1, -0.05) is 77.8 Å². The summed E-state index contributed by atoms with van der Waals surface area (Å²) in [5.41, 5.74) is 4.15. The number of nitrogens with zero attached hydrogens (tertiary/aromatic N) is 1. The van der Waals surface area contributed by atoms with Gasteiger partial charge in [-0.25, -0.2) is 4.98 Å². The number of hydrogen-bond donors (Lipinski definition) is 2. The largest absolute Gasteiger partial charge is 0.481 e. The SMILES string of the molecule is CC(C)(O)c1ccccc1CC[C@@H](SCC1(CC(=O)O)CC1)c1cccc(C=Cc2nc3c(Cl)c(Cl)sc3s2)c1. The first-order chi connectivity index (χ1) is 19.0. The third kappa shape index (κ3) is 7.12. The van der Waals surface area contributed by atoms with Crippen molar-refractivity contribution in [3.8, 4) is 0 Å². The van der Waals surface area contributed by atoms with Crippen molar-refractivity contribution in [2.24, 2.45) is 5.41 Å². The number of carboxylic acid groups (broad SMARTS) is 1. The number of aryl methyl sites for hydroxylation is 1. The predicted octanol–water partition coefficient (Wildman–Crippen LogP) is 9.72. The minimum atomic E-state index is -0.913. The molecular formula is C31H31Cl2NO3S3. The lowest BCUT2D eigenvalue weighted by Crippen LogP contribution is -2.18. The van der Waals surface area contributed by atoms with Crippen LogP contribution in [-0.4, -0.2) is 26.9 Å². The summed E-state index contributed by atoms with van der Waals surface area (Å²) in [6.07, 6.45) is 7.97. The number of aromatic nitrogens is 1. The zero-order valence-corrected chi connectivity index (χ0v) is 26.3. The Hall–Kier alpha value is -1.87. The molecule has 1 aliphatic carbocycles. The van der Waals surface area contributed by atoms with Crippen LogP contribution in [0.5, 0.6) is 0 Å². The number of thiophene rings is 1. The Balaban J connectivity index is 1.37. The second-order valence-corrected chi connectivity index (χ2v) is 15.5. The van der Waals surface area contributed by atoms with Crippen LogP contribution in [0.4, 0.5) is 0 Å². The van der Waals surface area contributed by atoms with Gasteiger partial charge in [-0.2, -0.15) is 11.8 Å². The van der Waals surface area contributed by atoms with E-state index in [1.54, 1.807) is 11.3 Å². The molecule has 1 fully saturated rings. The third-order valence-electron chi connectivity index (χ3n) is 7.30. The Kier molecular flexibility index (Phi) is 9.00. The molecule has 0 bridgehead atoms. The fourth-order valence-electron chi connectivity index (χ4n) is 4.97. The van der Waals surface area contributed by atoms with Crippen molar-refractivity contribution in [2.75, 3.05) is 5.75 Å². The number of thioether (sulfide) groups is 1. The van der Waals surface area contributed by atoms with E-state index in [1.165, 1.54) is 16.9 Å². The summed E-state index contributed by atoms with van der Waals surface area (Å²) < 4.78 is 1.59. The van der Waals surface area contributed by atoms with Crippen molar-refractivity contribution >= 4 is 85.3 Å². The molecule has 2 N–H and O–H groups in total. The number of thiazole rings is 1. The van der Waals surface area contributed by atoms with Crippen molar-refractivity contribution in [1.82, 2.24) is 4.98 Å². The Morgan fingerprint density at radius 1 is 1.15 bits per heavy atom. The second-order valence-electron chi connectivity index (χ2n) is 11.0. The normalized spacial score (nSPS) is 15.6. The topological polar surface area (TPSA) is 70.4 Å². The first-order valence-electron chi connectivity index (χ1n) is 13.2. The highest BCUT2D eigenvalue weighted by Gasteiger charge is 2.44. The molecule has 2 heterocycles. The Morgan fingerprint density at radius 2 is 1.93 bits per heavy atom. The molecule has 2 aromatic heterocycles. The van der Waals surface area contributed by atoms with Gasteiger partial charge in [-0.15, -0.1) is 22.7 Å². The molecule has 9 heteroatoms. The van der Waals surface area contributed by atoms with Gasteiger partial charge in [0, 0.05) is 11.0 Å². The molecule has 1 saturated carbocycles. The van der Waals surface area contributed by atoms with Crippen LogP contribution in [-0.2, 0) is 16.8 Å². The number of carboxylic acids is 1. The van der Waals surface area contributed by atoms with Gasteiger partial charge in [0.15, 0.2) is 0 Å². The average Bonchev–Trinajstić information content (AvgIpc) is 3.46. The van der Waals surface area contributed by atoms with Gasteiger partial charge in [-0.3, -0.25) is 4.79 Å². The van der Waals surface area contributed by atoms with E-state index in [9.17, 15) is 15.0 Å². The molecule has 2 aromatic carbocycles. The highest BCUT2D eigenvalue weighted by atomic mass is 35.5. The molecule has 0 saturated heterocycles. The molecule has 0 unspecified atom stereocenters. The maximum atomic E-state index is 11.5. The number of fused-ring (bicyclic) bond motifs is 1. The average molecular weight is 633 g/mol. The van der Waals surface area contributed by atoms with E-state index < -0.39 is 11.6 Å². The van der Waals surface area contributed by atoms with E-state index in [0.717, 1.165) is 62.7 Å². The van der Waals surface area contributed by atoms with Crippen molar-refractivity contribution in [1.29, 1.82) is 0 Å². The van der Waals surface area contributed by atoms with Crippen molar-refractivity contribution < 1.29 is 15.0 Å². The summed E-state index contributed by atoms with van der Waals surface area (Å²) >= 11 is 17.3. The maximum Gasteiger partial charge on any atom is 0.303 e. The zero-order valence-electron chi connectivity index (χ0n) is 22.3. The van der Waals surface area contributed by atoms with E-state index >= 15 is 0 Å². The number of benzene rings is 2. The van der Waals surface area contributed by atoms with E-state index in [2.05, 4.69) is 41.4 Å². The molecule has 4 nitrogen and oxygen atoms in total. The molecule has 4 aromatic rings. The minimum absolute atomic E-state index is 0.0842. The van der Waals surface area contributed by atoms with Crippen molar-refractivity contribution in [3.63, 3.8) is 0 Å². The van der Waals surface area contributed by atoms with Crippen molar-refractivity contribution in [3.05, 3.63) is 85.2 Å². The monoisotopic (exact) mass is 631 g/mol. The van der Waals surface area contributed by atoms with E-state index in [-0.39, 0.29) is 17.1 Å². The predicted molar refractivity (Wildman–Crippen MR) is 172 cm³/mol. The van der Waals surface area contributed by atoms with Gasteiger partial charge in [0.05, 0.1) is 17.0 Å². The van der Waals surface area contributed by atoms with Gasteiger partial charge in [0.25, 0.3) is 0 Å². The quantitative estimate of drug-likeness (QED) is 0.163. The molecule has 40 heavy (non-hydrogen) atoms. The van der Waals surface area contributed by atoms with Gasteiger partial charge in [0.2, 0.25) is 0 Å². The van der Waals surface area contributed by atoms with Crippen LogP contribution in [0.15, 0.2) is 48.5 Å². The minimum Gasteiger partial charge on any atom is -0.481 e. The molecule has 0 aliphatic heterocycles. The number of carbonyl (C=O) groups is 1. The number of hydrogen-bond acceptors (Lipinski definition) is 6. The maximum absolute atomic E-state index is 11.5. The van der Waals surface area contributed by atoms with E-state index in [0.29, 0.717) is 9.36 Å². The molecule has 5 rings (SSSR count). The van der Waals surface area contributed by atoms with Crippen molar-refractivity contribution in [2.45, 2.75) is 56.8 Å². The highest BCUT2D eigenvalue weighted by molar-refractivity contribution is 7.99. The van der Waals surface area contributed by atoms with Gasteiger partial charge in [-0.05, 0) is 73.3 Å². The van der Waals surface area contributed by atoms with Crippen LogP contribution in [0.2, 0.25) is 9.36 Å². The number of halogens is 2. The summed E-state index contributed by atoms with van der Waals surface area (Å²) in [5.74, 6) is 0.114. The molecule has 210 valence electrons. The van der Waals surface area contributed by atoms with Crippen LogP contribution < -0.4 is 0 Å². The number of aliphatic carboxylic acids is 1. The fraction of sp³-hybridized carbons (Fsp3) is 0.355. The Bertz CT molecular complexity index is 1550. The molecular weight excluding hydrogens is 601 g/mol. The van der Waals surface area contributed by atoms with Crippen LogP contribution in [0.25, 0.3) is 21.7 Å². The third-order valence-corrected chi connectivity index (χ3v) is 12.1. The van der Waals surface area contributed by atoms with Gasteiger partial charge >= 0.3 is 5.97 Å². The first-order valence-corrected chi connectivity index (χ1v) is 16.6. The lowest BCUT2D eigenvalue weighted by molar-refractivity contribution is -0.138. The molecule has 0 radical (unpaired) electrons. The number of aliphatic hydroxyl groups is 1. The van der Waals surface area contributed by atoms with Crippen LogP contribution >= 0.6 is 57.6 Å². The molecule has 1 aliphatic rings. The van der Waals surface area contributed by atoms with Crippen LogP contribution in [0, 0.1) is 5.41 Å². The fourth-order valence-corrected chi connectivity index (χ4v) is 9.33. The van der Waals surface area contributed by atoms with Gasteiger partial charge in [0.1, 0.15) is 18.9 Å². The highest BCUT2D eigenvalue weighted by Crippen LogP contribution is 2.53. The standard InChI is InChI=1S/C31H31Cl2NO3S3/c1-30(2,37)22-9-4-3-7-20(22)11-12-23(38-18-31(14-15-31)17-25(35)36)21-8-5-6-19(16-21)10-13-24-34-27-26(32)28(33)40-29(27)39-24/h3-10,13,16,23,37H,11-12,14-15,17-18H2,1-2H3,(H,35,36)/t23-/m1/s1. The summed E-state index contributed by atoms with van der Waals surface area (Å²) in [6.45, 7) is 3.65. The number of rotatable bonds is 12. The smallest absolute Gasteiger partial charge is 0.303 e. The summed E-state index contributed by atoms with van der Waals surface area (Å²) in [7, 11) is 0. The van der Waals surface area contributed by atoms with Crippen LogP contribution in [0.3, 0.4) is 0 Å². The van der Waals surface area contributed by atoms with E-state index in [1.807, 2.05) is 49.9 Å². The summed E-state index contributed by atoms with van der Waals surface area (Å²) in [6, 6.07) is 16.6. The summed E-state index contributed by atoms with van der Waals surface area (Å²) in [5, 5.41) is 21.7. The second kappa shape index (κ2) is 12.2.